The first-order valence-corrected chi connectivity index (χ1v) is 5.59. The van der Waals surface area contributed by atoms with Gasteiger partial charge < -0.3 is 10.6 Å². The van der Waals surface area contributed by atoms with Crippen LogP contribution < -0.4 is 5.73 Å². The first-order chi connectivity index (χ1) is 7.59. The Morgan fingerprint density at radius 2 is 2.06 bits per heavy atom. The zero-order valence-electron chi connectivity index (χ0n) is 9.68. The number of nitrogen functional groups attached to an aromatic ring is 1. The molecule has 2 unspecified atom stereocenters. The number of amides is 1. The van der Waals surface area contributed by atoms with E-state index in [1.165, 1.54) is 0 Å². The summed E-state index contributed by atoms with van der Waals surface area (Å²) in [6, 6.07) is 3.48. The zero-order valence-corrected chi connectivity index (χ0v) is 9.68. The highest BCUT2D eigenvalue weighted by Crippen LogP contribution is 2.24. The van der Waals surface area contributed by atoms with Crippen LogP contribution in [-0.2, 0) is 0 Å². The van der Waals surface area contributed by atoms with E-state index in [2.05, 4.69) is 18.8 Å². The lowest BCUT2D eigenvalue weighted by atomic mass is 10.0. The van der Waals surface area contributed by atoms with Crippen LogP contribution in [-0.4, -0.2) is 28.9 Å². The molecule has 2 heterocycles. The fourth-order valence-corrected chi connectivity index (χ4v) is 2.06. The lowest BCUT2D eigenvalue weighted by Gasteiger charge is -2.16. The molecule has 4 heteroatoms. The molecule has 0 aromatic carbocycles. The number of pyridine rings is 1. The van der Waals surface area contributed by atoms with Crippen LogP contribution in [0.5, 0.6) is 0 Å². The molecule has 1 aromatic rings. The third-order valence-electron chi connectivity index (χ3n) is 3.34. The van der Waals surface area contributed by atoms with Gasteiger partial charge in [-0.1, -0.05) is 13.8 Å². The molecule has 0 saturated carbocycles. The molecular formula is C12H17N3O. The zero-order chi connectivity index (χ0) is 11.7. The normalized spacial score (nSPS) is 24.8. The second-order valence-electron chi connectivity index (χ2n) is 4.60. The fraction of sp³-hybridized carbons (Fsp3) is 0.500. The van der Waals surface area contributed by atoms with Crippen molar-refractivity contribution in [1.29, 1.82) is 0 Å². The van der Waals surface area contributed by atoms with Crippen LogP contribution in [0.15, 0.2) is 18.3 Å². The summed E-state index contributed by atoms with van der Waals surface area (Å²) in [6.45, 7) is 5.97. The average molecular weight is 219 g/mol. The van der Waals surface area contributed by atoms with Crippen molar-refractivity contribution in [1.82, 2.24) is 9.88 Å². The number of carbonyl (C=O) groups is 1. The Morgan fingerprint density at radius 3 is 2.62 bits per heavy atom. The molecule has 0 radical (unpaired) electrons. The number of nitrogens with two attached hydrogens (primary N) is 1. The van der Waals surface area contributed by atoms with E-state index in [0.29, 0.717) is 23.2 Å². The predicted octanol–water partition coefficient (Wildman–Crippen LogP) is 1.39. The number of anilines is 1. The van der Waals surface area contributed by atoms with Crippen LogP contribution >= 0.6 is 0 Å². The summed E-state index contributed by atoms with van der Waals surface area (Å²) >= 11 is 0. The fourth-order valence-electron chi connectivity index (χ4n) is 2.06. The molecule has 1 aliphatic rings. The van der Waals surface area contributed by atoms with Gasteiger partial charge in [-0.2, -0.15) is 0 Å². The van der Waals surface area contributed by atoms with Crippen molar-refractivity contribution in [3.63, 3.8) is 0 Å². The quantitative estimate of drug-likeness (QED) is 0.776. The van der Waals surface area contributed by atoms with E-state index in [9.17, 15) is 4.79 Å². The lowest BCUT2D eigenvalue weighted by Crippen LogP contribution is -2.29. The van der Waals surface area contributed by atoms with Gasteiger partial charge in [0.2, 0.25) is 0 Å². The minimum absolute atomic E-state index is 0.00167. The molecule has 1 aromatic heterocycles. The van der Waals surface area contributed by atoms with Crippen molar-refractivity contribution in [3.05, 3.63) is 23.9 Å². The van der Waals surface area contributed by atoms with E-state index >= 15 is 0 Å². The van der Waals surface area contributed by atoms with Crippen LogP contribution in [0.2, 0.25) is 0 Å². The Hall–Kier alpha value is -1.58. The Bertz CT molecular complexity index is 395. The van der Waals surface area contributed by atoms with Crippen LogP contribution in [0.4, 0.5) is 5.82 Å². The molecule has 86 valence electrons. The Balaban J connectivity index is 2.18. The van der Waals surface area contributed by atoms with Gasteiger partial charge in [0.25, 0.3) is 5.91 Å². The molecule has 0 aliphatic carbocycles. The molecule has 1 fully saturated rings. The van der Waals surface area contributed by atoms with Crippen molar-refractivity contribution in [2.75, 3.05) is 18.8 Å². The first kappa shape index (κ1) is 10.9. The Morgan fingerprint density at radius 1 is 1.44 bits per heavy atom. The molecule has 16 heavy (non-hydrogen) atoms. The van der Waals surface area contributed by atoms with Crippen molar-refractivity contribution in [2.45, 2.75) is 13.8 Å². The third-order valence-corrected chi connectivity index (χ3v) is 3.34. The van der Waals surface area contributed by atoms with Gasteiger partial charge in [-0.15, -0.1) is 0 Å². The lowest BCUT2D eigenvalue weighted by molar-refractivity contribution is 0.0785. The summed E-state index contributed by atoms with van der Waals surface area (Å²) in [5.74, 6) is 1.44. The smallest absolute Gasteiger partial charge is 0.257 e. The molecule has 2 N–H and O–H groups in total. The monoisotopic (exact) mass is 219 g/mol. The second kappa shape index (κ2) is 4.12. The number of nitrogens with zero attached hydrogens (tertiary/aromatic N) is 2. The molecule has 2 atom stereocenters. The van der Waals surface area contributed by atoms with Gasteiger partial charge in [-0.25, -0.2) is 4.98 Å². The second-order valence-corrected chi connectivity index (χ2v) is 4.60. The standard InChI is InChI=1S/C12H17N3O/c1-8-6-15(7-9(8)2)12(16)10-4-3-5-14-11(10)13/h3-5,8-9H,6-7H2,1-2H3,(H2,13,14). The van der Waals surface area contributed by atoms with E-state index in [-0.39, 0.29) is 5.91 Å². The Labute approximate surface area is 95.5 Å². The predicted molar refractivity (Wildman–Crippen MR) is 62.9 cm³/mol. The number of rotatable bonds is 1. The highest BCUT2D eigenvalue weighted by Gasteiger charge is 2.30. The minimum Gasteiger partial charge on any atom is -0.383 e. The van der Waals surface area contributed by atoms with Gasteiger partial charge in [-0.3, -0.25) is 4.79 Å². The highest BCUT2D eigenvalue weighted by molar-refractivity contribution is 5.98. The summed E-state index contributed by atoms with van der Waals surface area (Å²) in [7, 11) is 0. The van der Waals surface area contributed by atoms with Gasteiger partial charge in [0.15, 0.2) is 0 Å². The maximum atomic E-state index is 12.2. The van der Waals surface area contributed by atoms with Crippen LogP contribution in [0, 0.1) is 11.8 Å². The minimum atomic E-state index is 0.00167. The van der Waals surface area contributed by atoms with Gasteiger partial charge in [0.1, 0.15) is 5.82 Å². The number of hydrogen-bond acceptors (Lipinski definition) is 3. The van der Waals surface area contributed by atoms with E-state index in [1.807, 2.05) is 4.90 Å². The van der Waals surface area contributed by atoms with Crippen molar-refractivity contribution in [3.8, 4) is 0 Å². The summed E-state index contributed by atoms with van der Waals surface area (Å²) in [4.78, 5) is 18.0. The average Bonchev–Trinajstić information content (AvgIpc) is 2.59. The van der Waals surface area contributed by atoms with Crippen LogP contribution in [0.25, 0.3) is 0 Å². The highest BCUT2D eigenvalue weighted by atomic mass is 16.2. The molecule has 0 spiro atoms. The van der Waals surface area contributed by atoms with E-state index in [0.717, 1.165) is 13.1 Å². The van der Waals surface area contributed by atoms with E-state index in [1.54, 1.807) is 18.3 Å². The van der Waals surface area contributed by atoms with Crippen LogP contribution in [0.3, 0.4) is 0 Å². The third kappa shape index (κ3) is 1.87. The van der Waals surface area contributed by atoms with Gasteiger partial charge >= 0.3 is 0 Å². The van der Waals surface area contributed by atoms with Gasteiger partial charge in [0, 0.05) is 19.3 Å². The van der Waals surface area contributed by atoms with Gasteiger partial charge in [-0.05, 0) is 24.0 Å². The molecule has 0 bridgehead atoms. The SMILES string of the molecule is CC1CN(C(=O)c2cccnc2N)CC1C. The maximum absolute atomic E-state index is 12.2. The van der Waals surface area contributed by atoms with E-state index < -0.39 is 0 Å². The number of carbonyl (C=O) groups excluding carboxylic acids is 1. The van der Waals surface area contributed by atoms with Crippen molar-refractivity contribution in [2.24, 2.45) is 11.8 Å². The molecule has 2 rings (SSSR count). The van der Waals surface area contributed by atoms with Crippen LogP contribution in [0.1, 0.15) is 24.2 Å². The molecule has 4 nitrogen and oxygen atoms in total. The summed E-state index contributed by atoms with van der Waals surface area (Å²) in [5.41, 5.74) is 6.22. The molecular weight excluding hydrogens is 202 g/mol. The topological polar surface area (TPSA) is 59.2 Å². The van der Waals surface area contributed by atoms with Gasteiger partial charge in [0.05, 0.1) is 5.56 Å². The van der Waals surface area contributed by atoms with Crippen molar-refractivity contribution >= 4 is 11.7 Å². The first-order valence-electron chi connectivity index (χ1n) is 5.59. The molecule has 1 saturated heterocycles. The largest absolute Gasteiger partial charge is 0.383 e. The summed E-state index contributed by atoms with van der Waals surface area (Å²) in [5, 5.41) is 0. The summed E-state index contributed by atoms with van der Waals surface area (Å²) in [6.07, 6.45) is 1.60. The number of hydrogen-bond donors (Lipinski definition) is 1. The summed E-state index contributed by atoms with van der Waals surface area (Å²) < 4.78 is 0. The Kier molecular flexibility index (Phi) is 2.81. The molecule has 1 aliphatic heterocycles. The van der Waals surface area contributed by atoms with Crippen molar-refractivity contribution < 1.29 is 4.79 Å². The maximum Gasteiger partial charge on any atom is 0.257 e. The van der Waals surface area contributed by atoms with E-state index in [4.69, 9.17) is 5.73 Å². The number of likely N-dealkylation sites (tertiary alicyclic amines) is 1. The molecule has 1 amide bonds. The number of aromatic nitrogens is 1.